The molecule has 1 atom stereocenters. The third-order valence-electron chi connectivity index (χ3n) is 2.56. The predicted octanol–water partition coefficient (Wildman–Crippen LogP) is 1.31. The first kappa shape index (κ1) is 14.7. The Morgan fingerprint density at radius 2 is 2.06 bits per heavy atom. The van der Waals surface area contributed by atoms with E-state index in [1.807, 2.05) is 0 Å². The highest BCUT2D eigenvalue weighted by Crippen LogP contribution is 2.25. The molecule has 18 heavy (non-hydrogen) atoms. The molecule has 1 heterocycles. The number of hydrogen-bond donors (Lipinski definition) is 2. The van der Waals surface area contributed by atoms with Crippen LogP contribution in [0.3, 0.4) is 0 Å². The summed E-state index contributed by atoms with van der Waals surface area (Å²) in [7, 11) is 0. The molecule has 1 saturated heterocycles. The number of carbonyl (C=O) groups is 2. The van der Waals surface area contributed by atoms with Crippen LogP contribution in [0.2, 0.25) is 0 Å². The van der Waals surface area contributed by atoms with Crippen LogP contribution in [0.25, 0.3) is 0 Å². The average Bonchev–Trinajstić information content (AvgIpc) is 2.24. The summed E-state index contributed by atoms with van der Waals surface area (Å²) < 4.78 is 13.9. The van der Waals surface area contributed by atoms with Gasteiger partial charge in [0.25, 0.3) is 0 Å². The monoisotopic (exact) mass is 262 g/mol. The van der Waals surface area contributed by atoms with Gasteiger partial charge >= 0.3 is 12.0 Å². The van der Waals surface area contributed by atoms with E-state index in [0.717, 1.165) is 4.90 Å². The molecule has 1 rings (SSSR count). The van der Waals surface area contributed by atoms with E-state index in [2.05, 4.69) is 5.48 Å². The van der Waals surface area contributed by atoms with E-state index in [-0.39, 0.29) is 6.42 Å². The van der Waals surface area contributed by atoms with Crippen molar-refractivity contribution in [2.24, 2.45) is 0 Å². The largest absolute Gasteiger partial charge is 0.479 e. The fourth-order valence-electron chi connectivity index (χ4n) is 1.62. The Hall–Kier alpha value is -1.37. The average molecular weight is 262 g/mol. The van der Waals surface area contributed by atoms with E-state index in [0.29, 0.717) is 13.0 Å². The molecule has 6 nitrogen and oxygen atoms in total. The molecule has 2 amide bonds. The van der Waals surface area contributed by atoms with Gasteiger partial charge in [-0.1, -0.05) is 0 Å². The molecule has 0 spiro atoms. The molecule has 0 radical (unpaired) electrons. The zero-order valence-electron chi connectivity index (χ0n) is 10.8. The molecule has 1 aliphatic rings. The lowest BCUT2D eigenvalue weighted by Gasteiger charge is -2.34. The maximum absolute atomic E-state index is 13.9. The van der Waals surface area contributed by atoms with Crippen LogP contribution in [-0.2, 0) is 9.63 Å². The van der Waals surface area contributed by atoms with Crippen LogP contribution in [0.15, 0.2) is 0 Å². The van der Waals surface area contributed by atoms with E-state index in [9.17, 15) is 14.0 Å². The van der Waals surface area contributed by atoms with Gasteiger partial charge in [-0.15, -0.1) is 0 Å². The minimum atomic E-state index is -2.36. The number of likely N-dealkylation sites (tertiary alicyclic amines) is 1. The standard InChI is InChI=1S/C11H19FN2O4/c1-10(2,3)18-13-9(17)14-6-4-5-11(12,7-14)8(15)16/h4-7H2,1-3H3,(H,13,17)(H,15,16)/t11-/m1/s1. The van der Waals surface area contributed by atoms with Crippen LogP contribution in [0.1, 0.15) is 33.6 Å². The summed E-state index contributed by atoms with van der Waals surface area (Å²) in [6, 6.07) is -0.618. The van der Waals surface area contributed by atoms with Crippen molar-refractivity contribution in [3.8, 4) is 0 Å². The maximum Gasteiger partial charge on any atom is 0.343 e. The number of piperidine rings is 1. The number of hydrogen-bond acceptors (Lipinski definition) is 3. The third-order valence-corrected chi connectivity index (χ3v) is 2.56. The van der Waals surface area contributed by atoms with E-state index >= 15 is 0 Å². The second kappa shape index (κ2) is 5.09. The number of hydroxylamine groups is 1. The minimum Gasteiger partial charge on any atom is -0.479 e. The number of alkyl halides is 1. The van der Waals surface area contributed by atoms with Crippen LogP contribution in [-0.4, -0.2) is 46.4 Å². The Kier molecular flexibility index (Phi) is 4.16. The van der Waals surface area contributed by atoms with E-state index in [4.69, 9.17) is 9.94 Å². The molecule has 0 unspecified atom stereocenters. The fourth-order valence-corrected chi connectivity index (χ4v) is 1.62. The number of amides is 2. The molecule has 1 aliphatic heterocycles. The Morgan fingerprint density at radius 3 is 2.56 bits per heavy atom. The predicted molar refractivity (Wildman–Crippen MR) is 61.7 cm³/mol. The van der Waals surface area contributed by atoms with Crippen LogP contribution >= 0.6 is 0 Å². The first-order chi connectivity index (χ1) is 8.14. The molecule has 1 fully saturated rings. The third kappa shape index (κ3) is 3.83. The molecule has 0 aliphatic carbocycles. The van der Waals surface area contributed by atoms with Gasteiger partial charge in [0.2, 0.25) is 5.67 Å². The fraction of sp³-hybridized carbons (Fsp3) is 0.818. The number of carbonyl (C=O) groups excluding carboxylic acids is 1. The quantitative estimate of drug-likeness (QED) is 0.735. The van der Waals surface area contributed by atoms with Crippen molar-refractivity contribution >= 4 is 12.0 Å². The van der Waals surface area contributed by atoms with Crippen molar-refractivity contribution in [2.45, 2.75) is 44.9 Å². The summed E-state index contributed by atoms with van der Waals surface area (Å²) >= 11 is 0. The topological polar surface area (TPSA) is 78.9 Å². The first-order valence-corrected chi connectivity index (χ1v) is 5.79. The number of carboxylic acids is 1. The molecular weight excluding hydrogens is 243 g/mol. The van der Waals surface area contributed by atoms with Gasteiger partial charge in [-0.05, 0) is 33.6 Å². The van der Waals surface area contributed by atoms with Gasteiger partial charge in [-0.2, -0.15) is 0 Å². The van der Waals surface area contributed by atoms with Gasteiger partial charge < -0.3 is 10.0 Å². The summed E-state index contributed by atoms with van der Waals surface area (Å²) in [6.45, 7) is 5.11. The van der Waals surface area contributed by atoms with Gasteiger partial charge in [-0.3, -0.25) is 4.84 Å². The van der Waals surface area contributed by atoms with Crippen LogP contribution in [0.5, 0.6) is 0 Å². The lowest BCUT2D eigenvalue weighted by molar-refractivity contribution is -0.154. The van der Waals surface area contributed by atoms with E-state index in [1.165, 1.54) is 0 Å². The highest BCUT2D eigenvalue weighted by molar-refractivity contribution is 5.80. The van der Waals surface area contributed by atoms with Crippen molar-refractivity contribution < 1.29 is 23.9 Å². The number of rotatable bonds is 2. The molecule has 0 aromatic heterocycles. The Bertz CT molecular complexity index is 342. The van der Waals surface area contributed by atoms with Crippen LogP contribution in [0.4, 0.5) is 9.18 Å². The number of nitrogens with one attached hydrogen (secondary N) is 1. The summed E-state index contributed by atoms with van der Waals surface area (Å²) in [5.74, 6) is -1.53. The van der Waals surface area contributed by atoms with Gasteiger partial charge in [0.1, 0.15) is 0 Å². The second-order valence-electron chi connectivity index (χ2n) is 5.42. The first-order valence-electron chi connectivity index (χ1n) is 5.79. The molecule has 0 aromatic carbocycles. The van der Waals surface area contributed by atoms with Gasteiger partial charge in [0, 0.05) is 6.54 Å². The van der Waals surface area contributed by atoms with Gasteiger partial charge in [0.15, 0.2) is 0 Å². The zero-order valence-corrected chi connectivity index (χ0v) is 10.8. The molecule has 0 aromatic rings. The molecule has 7 heteroatoms. The second-order valence-corrected chi connectivity index (χ2v) is 5.42. The van der Waals surface area contributed by atoms with Crippen molar-refractivity contribution in [2.75, 3.05) is 13.1 Å². The summed E-state index contributed by atoms with van der Waals surface area (Å²) in [5.41, 5.74) is -0.732. The number of nitrogens with zero attached hydrogens (tertiary/aromatic N) is 1. The SMILES string of the molecule is CC(C)(C)ONC(=O)N1CCC[C@](F)(C(=O)O)C1. The Labute approximate surface area is 105 Å². The highest BCUT2D eigenvalue weighted by atomic mass is 19.1. The Morgan fingerprint density at radius 1 is 1.44 bits per heavy atom. The van der Waals surface area contributed by atoms with Crippen molar-refractivity contribution in [3.63, 3.8) is 0 Å². The van der Waals surface area contributed by atoms with Gasteiger partial charge in [-0.25, -0.2) is 19.5 Å². The summed E-state index contributed by atoms with van der Waals surface area (Å²) in [4.78, 5) is 28.7. The molecule has 104 valence electrons. The van der Waals surface area contributed by atoms with Crippen LogP contribution in [0, 0.1) is 0 Å². The van der Waals surface area contributed by atoms with Crippen molar-refractivity contribution in [1.29, 1.82) is 0 Å². The van der Waals surface area contributed by atoms with Crippen LogP contribution < -0.4 is 5.48 Å². The minimum absolute atomic E-state index is 0.0771. The lowest BCUT2D eigenvalue weighted by Crippen LogP contribution is -2.55. The summed E-state index contributed by atoms with van der Waals surface area (Å²) in [6.07, 6.45) is 0.234. The van der Waals surface area contributed by atoms with E-state index < -0.39 is 29.8 Å². The zero-order chi connectivity index (χ0) is 14.0. The number of urea groups is 1. The normalized spacial score (nSPS) is 24.8. The maximum atomic E-state index is 13.9. The number of carboxylic acid groups (broad SMARTS) is 1. The molecule has 2 N–H and O–H groups in total. The van der Waals surface area contributed by atoms with Gasteiger partial charge in [0.05, 0.1) is 12.1 Å². The molecular formula is C11H19FN2O4. The lowest BCUT2D eigenvalue weighted by atomic mass is 9.95. The smallest absolute Gasteiger partial charge is 0.343 e. The molecule has 0 bridgehead atoms. The van der Waals surface area contributed by atoms with E-state index in [1.54, 1.807) is 20.8 Å². The number of halogens is 1. The summed E-state index contributed by atoms with van der Waals surface area (Å²) in [5, 5.41) is 8.79. The van der Waals surface area contributed by atoms with Crippen molar-refractivity contribution in [1.82, 2.24) is 10.4 Å². The Balaban J connectivity index is 2.56. The highest BCUT2D eigenvalue weighted by Gasteiger charge is 2.44. The van der Waals surface area contributed by atoms with Crippen molar-refractivity contribution in [3.05, 3.63) is 0 Å². The number of aliphatic carboxylic acids is 1. The molecule has 0 saturated carbocycles.